The smallest absolute Gasteiger partial charge is 0.0935 e. The quantitative estimate of drug-likeness (QED) is 0.0751. The van der Waals surface area contributed by atoms with Crippen molar-refractivity contribution < 1.29 is 9.47 Å². The first-order valence-electron chi connectivity index (χ1n) is 19.9. The standard InChI is InChI=1S/C39H80N2O2/c1-5-9-13-17-21-26-37(27-22-18-14-10-6-2)34-41-31-33-43-39(35-41)36-42-32-25-30-40-38(28-23-19-15-11-7-3)29-24-20-16-12-8-4/h37-40H,5-36H2,1-4H3/t39-/m1/s1. The van der Waals surface area contributed by atoms with Crippen LogP contribution in [0.3, 0.4) is 0 Å². The van der Waals surface area contributed by atoms with E-state index < -0.39 is 0 Å². The van der Waals surface area contributed by atoms with Crippen LogP contribution in [0.4, 0.5) is 0 Å². The number of ether oxygens (including phenoxy) is 2. The molecule has 1 fully saturated rings. The molecular weight excluding hydrogens is 528 g/mol. The summed E-state index contributed by atoms with van der Waals surface area (Å²) < 4.78 is 12.3. The highest BCUT2D eigenvalue weighted by Gasteiger charge is 2.23. The van der Waals surface area contributed by atoms with Crippen molar-refractivity contribution in [3.8, 4) is 0 Å². The maximum Gasteiger partial charge on any atom is 0.0935 e. The van der Waals surface area contributed by atoms with Crippen molar-refractivity contribution in [3.05, 3.63) is 0 Å². The van der Waals surface area contributed by atoms with E-state index in [-0.39, 0.29) is 6.10 Å². The van der Waals surface area contributed by atoms with Gasteiger partial charge in [-0.25, -0.2) is 0 Å². The van der Waals surface area contributed by atoms with E-state index in [1.54, 1.807) is 0 Å². The molecule has 0 unspecified atom stereocenters. The molecule has 4 heteroatoms. The van der Waals surface area contributed by atoms with E-state index in [9.17, 15) is 0 Å². The molecule has 0 radical (unpaired) electrons. The lowest BCUT2D eigenvalue weighted by Crippen LogP contribution is -2.46. The third-order valence-electron chi connectivity index (χ3n) is 9.69. The van der Waals surface area contributed by atoms with Gasteiger partial charge < -0.3 is 14.8 Å². The van der Waals surface area contributed by atoms with Gasteiger partial charge in [-0.3, -0.25) is 4.90 Å². The molecule has 0 bridgehead atoms. The zero-order valence-corrected chi connectivity index (χ0v) is 30.1. The van der Waals surface area contributed by atoms with E-state index >= 15 is 0 Å². The summed E-state index contributed by atoms with van der Waals surface area (Å²) in [5.41, 5.74) is 0. The summed E-state index contributed by atoms with van der Waals surface area (Å²) >= 11 is 0. The van der Waals surface area contributed by atoms with Crippen LogP contribution in [0.25, 0.3) is 0 Å². The highest BCUT2D eigenvalue weighted by molar-refractivity contribution is 4.75. The molecule has 1 aliphatic heterocycles. The normalized spacial score (nSPS) is 16.2. The van der Waals surface area contributed by atoms with Crippen LogP contribution in [-0.4, -0.2) is 63.0 Å². The van der Waals surface area contributed by atoms with Crippen LogP contribution in [0.1, 0.15) is 188 Å². The second-order valence-electron chi connectivity index (χ2n) is 14.0. The Hall–Kier alpha value is -0.160. The Kier molecular flexibility index (Phi) is 30.2. The Morgan fingerprint density at radius 1 is 0.628 bits per heavy atom. The van der Waals surface area contributed by atoms with Gasteiger partial charge in [-0.2, -0.15) is 0 Å². The number of hydrogen-bond donors (Lipinski definition) is 1. The number of nitrogens with zero attached hydrogens (tertiary/aromatic N) is 1. The molecule has 0 spiro atoms. The maximum absolute atomic E-state index is 6.17. The van der Waals surface area contributed by atoms with Gasteiger partial charge in [0.15, 0.2) is 0 Å². The first kappa shape index (κ1) is 40.9. The van der Waals surface area contributed by atoms with E-state index in [0.717, 1.165) is 51.8 Å². The minimum absolute atomic E-state index is 0.246. The molecule has 4 nitrogen and oxygen atoms in total. The van der Waals surface area contributed by atoms with Gasteiger partial charge in [0, 0.05) is 32.3 Å². The van der Waals surface area contributed by atoms with E-state index in [0.29, 0.717) is 6.04 Å². The Bertz CT molecular complexity index is 517. The van der Waals surface area contributed by atoms with Gasteiger partial charge in [-0.1, -0.05) is 156 Å². The fourth-order valence-electron chi connectivity index (χ4n) is 6.84. The number of rotatable bonds is 33. The fraction of sp³-hybridized carbons (Fsp3) is 1.00. The molecule has 1 rings (SSSR count). The molecule has 0 aromatic carbocycles. The summed E-state index contributed by atoms with van der Waals surface area (Å²) in [6.07, 6.45) is 34.8. The summed E-state index contributed by atoms with van der Waals surface area (Å²) in [5, 5.41) is 3.90. The van der Waals surface area contributed by atoms with Crippen molar-refractivity contribution in [2.24, 2.45) is 5.92 Å². The second-order valence-corrected chi connectivity index (χ2v) is 14.0. The van der Waals surface area contributed by atoms with Gasteiger partial charge in [0.1, 0.15) is 0 Å². The first-order chi connectivity index (χ1) is 21.2. The highest BCUT2D eigenvalue weighted by atomic mass is 16.5. The lowest BCUT2D eigenvalue weighted by Gasteiger charge is -2.35. The van der Waals surface area contributed by atoms with Crippen LogP contribution in [0.15, 0.2) is 0 Å². The minimum Gasteiger partial charge on any atom is -0.379 e. The largest absolute Gasteiger partial charge is 0.379 e. The number of nitrogens with one attached hydrogen (secondary N) is 1. The van der Waals surface area contributed by atoms with Crippen molar-refractivity contribution in [2.75, 3.05) is 46.0 Å². The Morgan fingerprint density at radius 3 is 1.63 bits per heavy atom. The lowest BCUT2D eigenvalue weighted by molar-refractivity contribution is -0.0725. The second kappa shape index (κ2) is 31.8. The average Bonchev–Trinajstić information content (AvgIpc) is 3.01. The molecular formula is C39H80N2O2. The summed E-state index contributed by atoms with van der Waals surface area (Å²) in [6, 6.07) is 0.699. The molecule has 0 amide bonds. The molecule has 0 aliphatic carbocycles. The third-order valence-corrected chi connectivity index (χ3v) is 9.69. The van der Waals surface area contributed by atoms with Crippen molar-refractivity contribution in [2.45, 2.75) is 200 Å². The SMILES string of the molecule is CCCCCCCC(CCCCCCC)CN1CCO[C@@H](COCCCNC(CCCCCCC)CCCCCCC)C1. The van der Waals surface area contributed by atoms with E-state index in [4.69, 9.17) is 9.47 Å². The molecule has 1 aliphatic rings. The van der Waals surface area contributed by atoms with E-state index in [1.807, 2.05) is 0 Å². The molecule has 43 heavy (non-hydrogen) atoms. The Labute approximate surface area is 271 Å². The molecule has 1 atom stereocenters. The van der Waals surface area contributed by atoms with Crippen molar-refractivity contribution in [3.63, 3.8) is 0 Å². The monoisotopic (exact) mass is 609 g/mol. The van der Waals surface area contributed by atoms with Gasteiger partial charge in [0.05, 0.1) is 19.3 Å². The fourth-order valence-corrected chi connectivity index (χ4v) is 6.84. The molecule has 258 valence electrons. The third kappa shape index (κ3) is 25.7. The molecule has 0 aromatic heterocycles. The molecule has 1 heterocycles. The number of hydrogen-bond acceptors (Lipinski definition) is 4. The van der Waals surface area contributed by atoms with E-state index in [1.165, 1.54) is 161 Å². The summed E-state index contributed by atoms with van der Waals surface area (Å²) in [7, 11) is 0. The zero-order chi connectivity index (χ0) is 31.1. The maximum atomic E-state index is 6.17. The minimum atomic E-state index is 0.246. The van der Waals surface area contributed by atoms with Crippen molar-refractivity contribution in [1.82, 2.24) is 10.2 Å². The van der Waals surface area contributed by atoms with Gasteiger partial charge in [-0.05, 0) is 44.6 Å². The van der Waals surface area contributed by atoms with E-state index in [2.05, 4.69) is 37.9 Å². The summed E-state index contributed by atoms with van der Waals surface area (Å²) in [5.74, 6) is 0.861. The zero-order valence-electron chi connectivity index (χ0n) is 30.1. The summed E-state index contributed by atoms with van der Waals surface area (Å²) in [4.78, 5) is 2.70. The predicted octanol–water partition coefficient (Wildman–Crippen LogP) is 11.1. The van der Waals surface area contributed by atoms with Gasteiger partial charge in [-0.15, -0.1) is 0 Å². The molecule has 1 saturated heterocycles. The van der Waals surface area contributed by atoms with Crippen LogP contribution in [0.2, 0.25) is 0 Å². The lowest BCUT2D eigenvalue weighted by atomic mass is 9.93. The van der Waals surface area contributed by atoms with Crippen LogP contribution in [0.5, 0.6) is 0 Å². The summed E-state index contributed by atoms with van der Waals surface area (Å²) in [6.45, 7) is 16.2. The van der Waals surface area contributed by atoms with Gasteiger partial charge >= 0.3 is 0 Å². The van der Waals surface area contributed by atoms with Crippen LogP contribution >= 0.6 is 0 Å². The van der Waals surface area contributed by atoms with Gasteiger partial charge in [0.25, 0.3) is 0 Å². The van der Waals surface area contributed by atoms with Crippen LogP contribution in [0, 0.1) is 5.92 Å². The highest BCUT2D eigenvalue weighted by Crippen LogP contribution is 2.21. The molecule has 0 aromatic rings. The predicted molar refractivity (Wildman–Crippen MR) is 190 cm³/mol. The number of morpholine rings is 1. The topological polar surface area (TPSA) is 33.7 Å². The number of unbranched alkanes of at least 4 members (excludes halogenated alkanes) is 16. The van der Waals surface area contributed by atoms with Gasteiger partial charge in [0.2, 0.25) is 0 Å². The Morgan fingerprint density at radius 2 is 1.12 bits per heavy atom. The molecule has 1 N–H and O–H groups in total. The van der Waals surface area contributed by atoms with Crippen LogP contribution in [-0.2, 0) is 9.47 Å². The first-order valence-corrected chi connectivity index (χ1v) is 19.9. The average molecular weight is 609 g/mol. The molecule has 0 saturated carbocycles. The Balaban J connectivity index is 2.30. The van der Waals surface area contributed by atoms with Crippen molar-refractivity contribution in [1.29, 1.82) is 0 Å². The van der Waals surface area contributed by atoms with Crippen molar-refractivity contribution >= 4 is 0 Å². The van der Waals surface area contributed by atoms with Crippen LogP contribution < -0.4 is 5.32 Å².